The molecule has 2 unspecified atom stereocenters. The largest absolute Gasteiger partial charge is 0.506 e. The standard InChI is InChI=1S/C51H59FN2O9P4S/c1-50(2)41-29-35(33-14-20-37(21-15-33)66(5,6)59)18-24-43(41)53(26-11-9-10-13-47(55)61-65(52)64)45(50)31-39-48(56)40(49(39)57)32-46-51(3,4)42-30-36(34-16-22-38(23-17-34)67(7,8)60)19-25-44(42)54(46)27-12-28-68-63-62-58/h14-25,29-32H,9-13,26-28,64H2,1-8H3,(H-,56,57,58)/p+1. The summed E-state index contributed by atoms with van der Waals surface area (Å²) in [6, 6.07) is 28.2. The van der Waals surface area contributed by atoms with E-state index in [1.807, 2.05) is 69.6 Å². The summed E-state index contributed by atoms with van der Waals surface area (Å²) in [5, 5.41) is 26.0. The number of anilines is 1. The molecule has 2 aliphatic heterocycles. The molecule has 11 nitrogen and oxygen atoms in total. The number of allylic oxidation sites excluding steroid dienone is 5. The summed E-state index contributed by atoms with van der Waals surface area (Å²) >= 11 is 0.977. The molecule has 1 aliphatic carbocycles. The number of nitrogens with zero attached hydrogens (tertiary/aromatic N) is 2. The van der Waals surface area contributed by atoms with Crippen molar-refractivity contribution in [1.82, 2.24) is 0 Å². The molecule has 0 saturated heterocycles. The van der Waals surface area contributed by atoms with Crippen LogP contribution >= 0.6 is 43.4 Å². The smallest absolute Gasteiger partial charge is 0.310 e. The van der Waals surface area contributed by atoms with Crippen molar-refractivity contribution < 1.29 is 51.8 Å². The van der Waals surface area contributed by atoms with Crippen molar-refractivity contribution in [3.05, 3.63) is 131 Å². The molecule has 0 amide bonds. The molecule has 7 rings (SSSR count). The Hall–Kier alpha value is -4.01. The second-order valence-corrected chi connectivity index (χ2v) is 28.4. The molecule has 2 atom stereocenters. The molecule has 0 saturated carbocycles. The lowest BCUT2D eigenvalue weighted by atomic mass is 9.77. The average Bonchev–Trinajstić information content (AvgIpc) is 3.63. The zero-order valence-electron chi connectivity index (χ0n) is 39.7. The number of carbonyl (C=O) groups is 2. The minimum absolute atomic E-state index is 0.0901. The van der Waals surface area contributed by atoms with Gasteiger partial charge >= 0.3 is 5.97 Å². The fraction of sp³-hybridized carbons (Fsp3) is 0.353. The molecular formula is C51H60FN2O9P4S+. The highest BCUT2D eigenvalue weighted by molar-refractivity contribution is 8.08. The van der Waals surface area contributed by atoms with Crippen molar-refractivity contribution in [3.8, 4) is 22.3 Å². The van der Waals surface area contributed by atoms with Crippen LogP contribution in [0.4, 0.5) is 15.6 Å². The number of fused-ring (bicyclic) bond motifs is 2. The van der Waals surface area contributed by atoms with Crippen LogP contribution in [0.5, 0.6) is 0 Å². The normalized spacial score (nSPS) is 18.0. The second-order valence-electron chi connectivity index (χ2n) is 19.2. The van der Waals surface area contributed by atoms with Crippen LogP contribution in [0.3, 0.4) is 0 Å². The van der Waals surface area contributed by atoms with Crippen LogP contribution in [0.2, 0.25) is 0 Å². The van der Waals surface area contributed by atoms with Crippen molar-refractivity contribution in [2.75, 3.05) is 50.4 Å². The molecule has 0 aromatic heterocycles. The lowest BCUT2D eigenvalue weighted by molar-refractivity contribution is -0.438. The van der Waals surface area contributed by atoms with Crippen LogP contribution in [-0.4, -0.2) is 77.9 Å². The van der Waals surface area contributed by atoms with E-state index in [0.717, 1.165) is 78.8 Å². The second kappa shape index (κ2) is 20.8. The number of halogens is 1. The summed E-state index contributed by atoms with van der Waals surface area (Å²) in [6.07, 6.45) is 6.28. The fourth-order valence-electron chi connectivity index (χ4n) is 9.32. The minimum atomic E-state index is -2.43. The summed E-state index contributed by atoms with van der Waals surface area (Å²) in [4.78, 5) is 28.7. The highest BCUT2D eigenvalue weighted by atomic mass is 32.2. The van der Waals surface area contributed by atoms with Gasteiger partial charge in [-0.15, -0.1) is 4.33 Å². The van der Waals surface area contributed by atoms with Crippen molar-refractivity contribution in [3.63, 3.8) is 0 Å². The molecule has 2 heterocycles. The minimum Gasteiger partial charge on any atom is -0.506 e. The Morgan fingerprint density at radius 1 is 0.809 bits per heavy atom. The topological polar surface area (TPSA) is 143 Å². The third-order valence-electron chi connectivity index (χ3n) is 13.1. The number of rotatable bonds is 19. The summed E-state index contributed by atoms with van der Waals surface area (Å²) in [6.45, 7) is 16.6. The highest BCUT2D eigenvalue weighted by Gasteiger charge is 2.47. The van der Waals surface area contributed by atoms with Gasteiger partial charge in [0.25, 0.3) is 8.15 Å². The van der Waals surface area contributed by atoms with Gasteiger partial charge in [-0.2, -0.15) is 8.77 Å². The number of aliphatic hydroxyl groups is 1. The third-order valence-corrected chi connectivity index (χ3v) is 17.5. The molecule has 0 spiro atoms. The fourth-order valence-corrected chi connectivity index (χ4v) is 12.0. The number of hydrogen-bond acceptors (Lipinski definition) is 11. The Morgan fingerprint density at radius 3 is 1.94 bits per heavy atom. The monoisotopic (exact) mass is 1020 g/mol. The first-order chi connectivity index (χ1) is 32.0. The van der Waals surface area contributed by atoms with Gasteiger partial charge in [-0.3, -0.25) is 9.59 Å². The van der Waals surface area contributed by atoms with Crippen LogP contribution in [0, 0.1) is 0 Å². The lowest BCUT2D eigenvalue weighted by Gasteiger charge is -2.29. The van der Waals surface area contributed by atoms with E-state index in [1.54, 1.807) is 26.7 Å². The van der Waals surface area contributed by atoms with Gasteiger partial charge in [-0.05, 0) is 120 Å². The van der Waals surface area contributed by atoms with E-state index in [1.165, 1.54) is 0 Å². The first kappa shape index (κ1) is 51.8. The molecular weight excluding hydrogens is 960 g/mol. The Morgan fingerprint density at radius 2 is 1.38 bits per heavy atom. The molecule has 17 heteroatoms. The van der Waals surface area contributed by atoms with E-state index in [-0.39, 0.29) is 29.1 Å². The lowest BCUT2D eigenvalue weighted by Crippen LogP contribution is -2.32. The molecule has 0 bridgehead atoms. The molecule has 0 fully saturated rings. The van der Waals surface area contributed by atoms with Gasteiger partial charge in [0.15, 0.2) is 5.71 Å². The molecule has 4 aromatic rings. The summed E-state index contributed by atoms with van der Waals surface area (Å²) in [5.74, 6) is -0.424. The van der Waals surface area contributed by atoms with Crippen molar-refractivity contribution in [2.45, 2.75) is 70.6 Å². The molecule has 0 radical (unpaired) electrons. The van der Waals surface area contributed by atoms with Gasteiger partial charge in [-0.25, -0.2) is 5.26 Å². The molecule has 360 valence electrons. The van der Waals surface area contributed by atoms with Crippen molar-refractivity contribution in [2.24, 2.45) is 0 Å². The van der Waals surface area contributed by atoms with Crippen LogP contribution < -0.4 is 15.5 Å². The maximum absolute atomic E-state index is 14.4. The van der Waals surface area contributed by atoms with Gasteiger partial charge in [-0.1, -0.05) is 79.9 Å². The Kier molecular flexibility index (Phi) is 15.8. The predicted molar refractivity (Wildman–Crippen MR) is 280 cm³/mol. The number of carbonyl (C=O) groups excluding carboxylic acids is 2. The van der Waals surface area contributed by atoms with E-state index in [0.29, 0.717) is 44.5 Å². The number of aliphatic hydroxyl groups excluding tert-OH is 1. The third kappa shape index (κ3) is 11.0. The quantitative estimate of drug-likeness (QED) is 0.0176. The number of unbranched alkanes of at least 4 members (excludes halogenated alkanes) is 2. The zero-order valence-corrected chi connectivity index (χ0v) is 44.4. The van der Waals surface area contributed by atoms with E-state index in [4.69, 9.17) is 9.78 Å². The van der Waals surface area contributed by atoms with E-state index in [9.17, 15) is 28.0 Å². The van der Waals surface area contributed by atoms with Crippen LogP contribution in [0.15, 0.2) is 120 Å². The van der Waals surface area contributed by atoms with E-state index < -0.39 is 39.2 Å². The van der Waals surface area contributed by atoms with Gasteiger partial charge in [0.1, 0.15) is 26.6 Å². The number of Topliss-reactive ketones (excluding diaryl/α,β-unsaturated/α-hetero) is 1. The first-order valence-corrected chi connectivity index (χ1v) is 31.4. The van der Waals surface area contributed by atoms with E-state index >= 15 is 0 Å². The highest BCUT2D eigenvalue weighted by Crippen LogP contribution is 2.51. The zero-order chi connectivity index (χ0) is 49.3. The SMILES string of the molecule is CC1(C)C(/C=C2/C(=O)C(/C=C3/N(CCCCCC(=O)OP(F)P)c4ccc(-c5ccc(P(C)(C)=O)cc5)cc4C3(C)C)=C2O)=[N+](CCCSOOO)c2ccc(-c3ccc(P(C)(C)=O)cc3)cc21. The van der Waals surface area contributed by atoms with Gasteiger partial charge in [0.05, 0.1) is 16.6 Å². The average molecular weight is 1020 g/mol. The maximum atomic E-state index is 14.4. The van der Waals surface area contributed by atoms with Crippen LogP contribution in [0.1, 0.15) is 70.9 Å². The van der Waals surface area contributed by atoms with Crippen molar-refractivity contribution in [1.29, 1.82) is 0 Å². The predicted octanol–water partition coefficient (Wildman–Crippen LogP) is 12.5. The van der Waals surface area contributed by atoms with Crippen LogP contribution in [0.25, 0.3) is 22.3 Å². The molecule has 2 N–H and O–H groups in total. The van der Waals surface area contributed by atoms with Gasteiger partial charge in [0.2, 0.25) is 11.5 Å². The summed E-state index contributed by atoms with van der Waals surface area (Å²) in [7, 11) is -5.32. The number of benzene rings is 4. The Labute approximate surface area is 406 Å². The van der Waals surface area contributed by atoms with Gasteiger partial charge < -0.3 is 23.7 Å². The van der Waals surface area contributed by atoms with Crippen molar-refractivity contribution >= 4 is 82.9 Å². The summed E-state index contributed by atoms with van der Waals surface area (Å²) in [5.41, 5.74) is 8.89. The molecule has 68 heavy (non-hydrogen) atoms. The Bertz CT molecular complexity index is 2840. The van der Waals surface area contributed by atoms with Gasteiger partial charge in [0, 0.05) is 82.3 Å². The van der Waals surface area contributed by atoms with Crippen LogP contribution in [-0.2, 0) is 43.4 Å². The first-order valence-electron chi connectivity index (χ1n) is 22.5. The Balaban J connectivity index is 1.23. The number of ketones is 1. The van der Waals surface area contributed by atoms with E-state index in [2.05, 4.69) is 82.9 Å². The maximum Gasteiger partial charge on any atom is 0.310 e. The summed E-state index contributed by atoms with van der Waals surface area (Å²) < 4.78 is 50.3. The molecule has 3 aliphatic rings. The molecule has 4 aromatic carbocycles. The number of hydrogen-bond donors (Lipinski definition) is 2.